The molecule has 1 heteroatoms. The van der Waals surface area contributed by atoms with Gasteiger partial charge < -0.3 is 4.74 Å². The maximum atomic E-state index is 5.69. The normalized spacial score (nSPS) is 13.7. The first-order valence-electron chi connectivity index (χ1n) is 5.17. The van der Waals surface area contributed by atoms with Gasteiger partial charge in [0.1, 0.15) is 12.4 Å². The van der Waals surface area contributed by atoms with Crippen molar-refractivity contribution in [2.75, 3.05) is 6.61 Å². The lowest BCUT2D eigenvalue weighted by atomic mass is 10.0. The van der Waals surface area contributed by atoms with Gasteiger partial charge in [0.2, 0.25) is 0 Å². The molecule has 1 nitrogen and oxygen atoms in total. The molecule has 3 rings (SSSR count). The first-order valence-corrected chi connectivity index (χ1v) is 5.17. The summed E-state index contributed by atoms with van der Waals surface area (Å²) >= 11 is 0. The summed E-state index contributed by atoms with van der Waals surface area (Å²) in [4.78, 5) is 0. The predicted octanol–water partition coefficient (Wildman–Crippen LogP) is 3.55. The Morgan fingerprint density at radius 1 is 1.13 bits per heavy atom. The highest BCUT2D eigenvalue weighted by Gasteiger charge is 2.09. The predicted molar refractivity (Wildman–Crippen MR) is 63.2 cm³/mol. The van der Waals surface area contributed by atoms with Crippen LogP contribution in [0.2, 0.25) is 0 Å². The van der Waals surface area contributed by atoms with Crippen LogP contribution >= 0.6 is 0 Å². The lowest BCUT2D eigenvalue weighted by Gasteiger charge is -2.15. The number of hydrogen-bond acceptors (Lipinski definition) is 1. The summed E-state index contributed by atoms with van der Waals surface area (Å²) in [5.74, 6) is 1.02. The molecule has 0 atom stereocenters. The molecule has 2 aromatic carbocycles. The topological polar surface area (TPSA) is 9.23 Å². The van der Waals surface area contributed by atoms with E-state index in [1.807, 2.05) is 6.08 Å². The summed E-state index contributed by atoms with van der Waals surface area (Å²) in [7, 11) is 0. The van der Waals surface area contributed by atoms with Crippen molar-refractivity contribution in [1.82, 2.24) is 0 Å². The van der Waals surface area contributed by atoms with Crippen LogP contribution in [-0.2, 0) is 0 Å². The highest BCUT2D eigenvalue weighted by Crippen LogP contribution is 2.33. The summed E-state index contributed by atoms with van der Waals surface area (Å²) in [6, 6.07) is 10.7. The molecule has 1 aliphatic rings. The van der Waals surface area contributed by atoms with Gasteiger partial charge in [-0.2, -0.15) is 0 Å². The van der Waals surface area contributed by atoms with Crippen molar-refractivity contribution in [3.05, 3.63) is 47.5 Å². The number of hydrogen-bond donors (Lipinski definition) is 0. The van der Waals surface area contributed by atoms with E-state index in [0.717, 1.165) is 5.75 Å². The maximum absolute atomic E-state index is 5.69. The third kappa shape index (κ3) is 1.32. The molecule has 0 radical (unpaired) electrons. The molecule has 0 unspecified atom stereocenters. The van der Waals surface area contributed by atoms with E-state index in [0.29, 0.717) is 6.61 Å². The Hall–Kier alpha value is -1.76. The van der Waals surface area contributed by atoms with Crippen LogP contribution in [0.5, 0.6) is 5.75 Å². The quantitative estimate of drug-likeness (QED) is 0.626. The molecule has 0 bridgehead atoms. The fraction of sp³-hybridized carbons (Fsp3) is 0.143. The Morgan fingerprint density at radius 2 is 2.07 bits per heavy atom. The molecule has 15 heavy (non-hydrogen) atoms. The summed E-state index contributed by atoms with van der Waals surface area (Å²) in [6.45, 7) is 2.79. The molecular formula is C14H12O. The van der Waals surface area contributed by atoms with Crippen molar-refractivity contribution in [2.45, 2.75) is 6.92 Å². The van der Waals surface area contributed by atoms with Crippen LogP contribution in [0.4, 0.5) is 0 Å². The SMILES string of the molecule is Cc1ccc2c3c(ccc2c1)C=CCO3. The molecule has 0 saturated heterocycles. The molecule has 0 aromatic heterocycles. The van der Waals surface area contributed by atoms with E-state index in [9.17, 15) is 0 Å². The van der Waals surface area contributed by atoms with Gasteiger partial charge in [-0.25, -0.2) is 0 Å². The summed E-state index contributed by atoms with van der Waals surface area (Å²) in [5.41, 5.74) is 2.46. The van der Waals surface area contributed by atoms with Gasteiger partial charge in [0.15, 0.2) is 0 Å². The van der Waals surface area contributed by atoms with Crippen molar-refractivity contribution in [2.24, 2.45) is 0 Å². The Balaban J connectivity index is 2.37. The molecule has 0 fully saturated rings. The van der Waals surface area contributed by atoms with Crippen LogP contribution in [0.15, 0.2) is 36.4 Å². The fourth-order valence-corrected chi connectivity index (χ4v) is 2.04. The van der Waals surface area contributed by atoms with Crippen molar-refractivity contribution in [3.63, 3.8) is 0 Å². The summed E-state index contributed by atoms with van der Waals surface area (Å²) < 4.78 is 5.69. The molecule has 0 amide bonds. The average molecular weight is 196 g/mol. The number of benzene rings is 2. The zero-order valence-corrected chi connectivity index (χ0v) is 8.66. The number of fused-ring (bicyclic) bond motifs is 3. The van der Waals surface area contributed by atoms with Crippen LogP contribution < -0.4 is 4.74 Å². The smallest absolute Gasteiger partial charge is 0.134 e. The molecule has 0 saturated carbocycles. The lowest BCUT2D eigenvalue weighted by molar-refractivity contribution is 0.363. The van der Waals surface area contributed by atoms with Gasteiger partial charge in [-0.1, -0.05) is 42.0 Å². The van der Waals surface area contributed by atoms with Crippen LogP contribution in [0.3, 0.4) is 0 Å². The number of rotatable bonds is 0. The molecular weight excluding hydrogens is 184 g/mol. The van der Waals surface area contributed by atoms with Crippen molar-refractivity contribution >= 4 is 16.8 Å². The second-order valence-electron chi connectivity index (χ2n) is 3.92. The number of aryl methyl sites for hydroxylation is 1. The van der Waals surface area contributed by atoms with Crippen LogP contribution in [0.25, 0.3) is 16.8 Å². The second-order valence-corrected chi connectivity index (χ2v) is 3.92. The van der Waals surface area contributed by atoms with Crippen molar-refractivity contribution < 1.29 is 4.74 Å². The average Bonchev–Trinajstić information content (AvgIpc) is 2.28. The third-order valence-corrected chi connectivity index (χ3v) is 2.78. The van der Waals surface area contributed by atoms with Gasteiger partial charge in [-0.05, 0) is 18.4 Å². The Labute approximate surface area is 89.0 Å². The fourth-order valence-electron chi connectivity index (χ4n) is 2.04. The van der Waals surface area contributed by atoms with Gasteiger partial charge in [-0.3, -0.25) is 0 Å². The van der Waals surface area contributed by atoms with E-state index < -0.39 is 0 Å². The lowest BCUT2D eigenvalue weighted by Crippen LogP contribution is -2.00. The van der Waals surface area contributed by atoms with Gasteiger partial charge in [0, 0.05) is 10.9 Å². The zero-order valence-electron chi connectivity index (χ0n) is 8.66. The van der Waals surface area contributed by atoms with Gasteiger partial charge >= 0.3 is 0 Å². The first-order chi connectivity index (χ1) is 7.34. The standard InChI is InChI=1S/C14H12O/c1-10-4-7-13-12(9-10)6-5-11-3-2-8-15-14(11)13/h2-7,9H,8H2,1H3. The minimum absolute atomic E-state index is 0.681. The van der Waals surface area contributed by atoms with E-state index >= 15 is 0 Å². The van der Waals surface area contributed by atoms with Crippen LogP contribution in [0.1, 0.15) is 11.1 Å². The second kappa shape index (κ2) is 3.13. The monoisotopic (exact) mass is 196 g/mol. The molecule has 0 aliphatic carbocycles. The van der Waals surface area contributed by atoms with E-state index in [4.69, 9.17) is 4.74 Å². The van der Waals surface area contributed by atoms with E-state index in [1.54, 1.807) is 0 Å². The zero-order chi connectivity index (χ0) is 10.3. The van der Waals surface area contributed by atoms with Crippen LogP contribution in [-0.4, -0.2) is 6.61 Å². The Morgan fingerprint density at radius 3 is 3.00 bits per heavy atom. The number of ether oxygens (including phenoxy) is 1. The van der Waals surface area contributed by atoms with E-state index in [2.05, 4.69) is 43.3 Å². The van der Waals surface area contributed by atoms with Crippen LogP contribution in [0, 0.1) is 6.92 Å². The third-order valence-electron chi connectivity index (χ3n) is 2.78. The Kier molecular flexibility index (Phi) is 1.78. The first kappa shape index (κ1) is 8.54. The largest absolute Gasteiger partial charge is 0.488 e. The molecule has 1 heterocycles. The van der Waals surface area contributed by atoms with E-state index in [-0.39, 0.29) is 0 Å². The Bertz CT molecular complexity index is 553. The van der Waals surface area contributed by atoms with Crippen molar-refractivity contribution in [1.29, 1.82) is 0 Å². The van der Waals surface area contributed by atoms with Crippen molar-refractivity contribution in [3.8, 4) is 5.75 Å². The molecule has 2 aromatic rings. The van der Waals surface area contributed by atoms with Gasteiger partial charge in [-0.15, -0.1) is 0 Å². The highest BCUT2D eigenvalue weighted by molar-refractivity contribution is 5.92. The van der Waals surface area contributed by atoms with Gasteiger partial charge in [0.25, 0.3) is 0 Å². The highest BCUT2D eigenvalue weighted by atomic mass is 16.5. The minimum atomic E-state index is 0.681. The minimum Gasteiger partial charge on any atom is -0.488 e. The summed E-state index contributed by atoms with van der Waals surface area (Å²) in [5, 5.41) is 2.46. The maximum Gasteiger partial charge on any atom is 0.134 e. The van der Waals surface area contributed by atoms with E-state index in [1.165, 1.54) is 21.9 Å². The van der Waals surface area contributed by atoms with Gasteiger partial charge in [0.05, 0.1) is 0 Å². The molecule has 1 aliphatic heterocycles. The molecule has 74 valence electrons. The molecule has 0 N–H and O–H groups in total. The molecule has 0 spiro atoms. The summed E-state index contributed by atoms with van der Waals surface area (Å²) in [6.07, 6.45) is 4.17.